The van der Waals surface area contributed by atoms with E-state index in [0.717, 1.165) is 16.7 Å². The van der Waals surface area contributed by atoms with Gasteiger partial charge in [0.25, 0.3) is 0 Å². The summed E-state index contributed by atoms with van der Waals surface area (Å²) in [5, 5.41) is 9.82. The first-order valence-corrected chi connectivity index (χ1v) is 13.0. The first-order valence-electron chi connectivity index (χ1n) is 11.6. The number of aliphatic hydroxyl groups is 1. The summed E-state index contributed by atoms with van der Waals surface area (Å²) in [5.74, 6) is 0.153. The average molecular weight is 498 g/mol. The van der Waals surface area contributed by atoms with Crippen molar-refractivity contribution in [3.8, 4) is 16.9 Å². The Morgan fingerprint density at radius 3 is 2.63 bits per heavy atom. The Bertz CT molecular complexity index is 1230. The lowest BCUT2D eigenvalue weighted by Gasteiger charge is -2.37. The Hall–Kier alpha value is -2.92. The zero-order valence-corrected chi connectivity index (χ0v) is 21.0. The molecule has 0 radical (unpaired) electrons. The molecule has 0 amide bonds. The first-order chi connectivity index (χ1) is 16.8. The summed E-state index contributed by atoms with van der Waals surface area (Å²) >= 11 is 0. The summed E-state index contributed by atoms with van der Waals surface area (Å²) in [6.45, 7) is 4.93. The Labute approximate surface area is 206 Å². The molecule has 1 aliphatic heterocycles. The molecule has 10 heteroatoms. The normalized spacial score (nSPS) is 20.9. The fourth-order valence-electron chi connectivity index (χ4n) is 4.25. The maximum absolute atomic E-state index is 13.6. The highest BCUT2D eigenvalue weighted by Crippen LogP contribution is 2.36. The molecule has 1 aromatic carbocycles. The summed E-state index contributed by atoms with van der Waals surface area (Å²) in [5.41, 5.74) is 2.60. The predicted octanol–water partition coefficient (Wildman–Crippen LogP) is 2.44. The van der Waals surface area contributed by atoms with Gasteiger partial charge in [-0.3, -0.25) is 9.88 Å². The fourth-order valence-corrected chi connectivity index (χ4v) is 6.07. The van der Waals surface area contributed by atoms with E-state index in [4.69, 9.17) is 4.74 Å². The molecule has 0 fully saturated rings. The van der Waals surface area contributed by atoms with Gasteiger partial charge in [-0.2, -0.15) is 4.31 Å². The number of benzene rings is 1. The number of pyridine rings is 1. The highest BCUT2D eigenvalue weighted by molar-refractivity contribution is 7.89. The third kappa shape index (κ3) is 5.67. The fraction of sp³-hybridized carbons (Fsp3) is 0.400. The van der Waals surface area contributed by atoms with Gasteiger partial charge in [0.2, 0.25) is 10.0 Å². The number of nitrogens with zero attached hydrogens (tertiary/aromatic N) is 5. The minimum absolute atomic E-state index is 0.0882. The number of aromatic nitrogens is 3. The van der Waals surface area contributed by atoms with Gasteiger partial charge in [0.1, 0.15) is 23.1 Å². The molecular formula is C25H31N5O4S. The standard InChI is InChI=1S/C25H31N5O4S/c1-18-13-30(19(2)16-31)35(32,33)25-7-6-21(22-11-27-17-28-12-22)9-23(25)34-24(18)15-29(3)14-20-5-4-8-26-10-20/h4-12,17-19,24,31H,13-16H2,1-3H3/t18-,19+,24-/m1/s1. The number of likely N-dealkylation sites (N-methyl/N-ethyl adjacent to an activating group) is 1. The summed E-state index contributed by atoms with van der Waals surface area (Å²) < 4.78 is 35.1. The molecule has 0 unspecified atom stereocenters. The lowest BCUT2D eigenvalue weighted by Crippen LogP contribution is -2.49. The van der Waals surface area contributed by atoms with Crippen LogP contribution in [0.25, 0.3) is 11.1 Å². The molecule has 9 nitrogen and oxygen atoms in total. The SMILES string of the molecule is C[C@@H]1CN([C@@H](C)CO)S(=O)(=O)c2ccc(-c3cncnc3)cc2O[C@@H]1CN(C)Cc1cccnc1. The number of sulfonamides is 1. The van der Waals surface area contributed by atoms with Crippen LogP contribution in [-0.2, 0) is 16.6 Å². The van der Waals surface area contributed by atoms with Gasteiger partial charge < -0.3 is 9.84 Å². The molecule has 3 heterocycles. The Balaban J connectivity index is 1.72. The Morgan fingerprint density at radius 1 is 1.17 bits per heavy atom. The van der Waals surface area contributed by atoms with Gasteiger partial charge >= 0.3 is 0 Å². The number of hydrogen-bond donors (Lipinski definition) is 1. The van der Waals surface area contributed by atoms with E-state index in [-0.39, 0.29) is 35.8 Å². The van der Waals surface area contributed by atoms with Crippen molar-refractivity contribution < 1.29 is 18.3 Å². The van der Waals surface area contributed by atoms with Crippen LogP contribution in [0.15, 0.2) is 66.3 Å². The van der Waals surface area contributed by atoms with Gasteiger partial charge in [-0.15, -0.1) is 0 Å². The molecule has 4 rings (SSSR count). The van der Waals surface area contributed by atoms with Gasteiger partial charge in [-0.25, -0.2) is 18.4 Å². The van der Waals surface area contributed by atoms with Crippen LogP contribution in [0.5, 0.6) is 5.75 Å². The molecule has 0 saturated heterocycles. The Morgan fingerprint density at radius 2 is 1.94 bits per heavy atom. The number of hydrogen-bond acceptors (Lipinski definition) is 8. The minimum atomic E-state index is -3.89. The van der Waals surface area contributed by atoms with E-state index in [1.807, 2.05) is 32.3 Å². The van der Waals surface area contributed by atoms with Gasteiger partial charge in [0.15, 0.2) is 0 Å². The summed E-state index contributed by atoms with van der Waals surface area (Å²) in [6.07, 6.45) is 8.08. The van der Waals surface area contributed by atoms with E-state index < -0.39 is 16.1 Å². The largest absolute Gasteiger partial charge is 0.487 e. The minimum Gasteiger partial charge on any atom is -0.487 e. The van der Waals surface area contributed by atoms with Crippen LogP contribution in [0.1, 0.15) is 19.4 Å². The molecule has 3 aromatic rings. The van der Waals surface area contributed by atoms with Crippen molar-refractivity contribution in [2.24, 2.45) is 5.92 Å². The molecule has 3 atom stereocenters. The number of rotatable bonds is 7. The van der Waals surface area contributed by atoms with Crippen molar-refractivity contribution in [2.45, 2.75) is 37.4 Å². The summed E-state index contributed by atoms with van der Waals surface area (Å²) in [7, 11) is -1.89. The van der Waals surface area contributed by atoms with Crippen LogP contribution in [0.3, 0.4) is 0 Å². The van der Waals surface area contributed by atoms with Gasteiger partial charge in [-0.05, 0) is 43.3 Å². The lowest BCUT2D eigenvalue weighted by molar-refractivity contribution is 0.0734. The third-order valence-electron chi connectivity index (χ3n) is 6.23. The average Bonchev–Trinajstić information content (AvgIpc) is 2.86. The molecule has 0 bridgehead atoms. The van der Waals surface area contributed by atoms with E-state index in [9.17, 15) is 13.5 Å². The molecule has 35 heavy (non-hydrogen) atoms. The molecule has 0 spiro atoms. The predicted molar refractivity (Wildman–Crippen MR) is 132 cm³/mol. The van der Waals surface area contributed by atoms with E-state index in [2.05, 4.69) is 19.9 Å². The molecule has 2 aromatic heterocycles. The zero-order chi connectivity index (χ0) is 25.0. The molecular weight excluding hydrogens is 466 g/mol. The topological polar surface area (TPSA) is 109 Å². The summed E-state index contributed by atoms with van der Waals surface area (Å²) in [6, 6.07) is 8.39. The smallest absolute Gasteiger partial charge is 0.247 e. The monoisotopic (exact) mass is 497 g/mol. The van der Waals surface area contributed by atoms with Crippen molar-refractivity contribution >= 4 is 10.0 Å². The zero-order valence-electron chi connectivity index (χ0n) is 20.2. The van der Waals surface area contributed by atoms with E-state index >= 15 is 0 Å². The van der Waals surface area contributed by atoms with Crippen molar-refractivity contribution in [3.05, 3.63) is 67.0 Å². The van der Waals surface area contributed by atoms with E-state index in [0.29, 0.717) is 13.1 Å². The molecule has 0 saturated carbocycles. The number of fused-ring (bicyclic) bond motifs is 1. The van der Waals surface area contributed by atoms with Crippen LogP contribution < -0.4 is 4.74 Å². The molecule has 186 valence electrons. The van der Waals surface area contributed by atoms with Crippen LogP contribution in [0.4, 0.5) is 0 Å². The van der Waals surface area contributed by atoms with Gasteiger partial charge in [0.05, 0.1) is 6.61 Å². The maximum atomic E-state index is 13.6. The van der Waals surface area contributed by atoms with Crippen molar-refractivity contribution in [2.75, 3.05) is 26.7 Å². The molecule has 0 aliphatic carbocycles. The third-order valence-corrected chi connectivity index (χ3v) is 8.25. The van der Waals surface area contributed by atoms with Crippen LogP contribution in [-0.4, -0.2) is 76.6 Å². The number of aliphatic hydroxyl groups excluding tert-OH is 1. The van der Waals surface area contributed by atoms with Crippen molar-refractivity contribution in [3.63, 3.8) is 0 Å². The molecule has 1 aliphatic rings. The quantitative estimate of drug-likeness (QED) is 0.530. The highest BCUT2D eigenvalue weighted by Gasteiger charge is 2.38. The van der Waals surface area contributed by atoms with E-state index in [1.165, 1.54) is 10.6 Å². The molecule has 1 N–H and O–H groups in total. The van der Waals surface area contributed by atoms with Crippen molar-refractivity contribution in [1.29, 1.82) is 0 Å². The number of ether oxygens (including phenoxy) is 1. The highest BCUT2D eigenvalue weighted by atomic mass is 32.2. The second-order valence-electron chi connectivity index (χ2n) is 9.09. The van der Waals surface area contributed by atoms with Crippen LogP contribution >= 0.6 is 0 Å². The maximum Gasteiger partial charge on any atom is 0.247 e. The lowest BCUT2D eigenvalue weighted by atomic mass is 10.0. The van der Waals surface area contributed by atoms with Crippen LogP contribution in [0, 0.1) is 5.92 Å². The van der Waals surface area contributed by atoms with Crippen molar-refractivity contribution in [1.82, 2.24) is 24.2 Å². The summed E-state index contributed by atoms with van der Waals surface area (Å²) in [4.78, 5) is 14.6. The Kier molecular flexibility index (Phi) is 7.75. The van der Waals surface area contributed by atoms with Gasteiger partial charge in [0, 0.05) is 61.9 Å². The van der Waals surface area contributed by atoms with Gasteiger partial charge in [-0.1, -0.05) is 19.1 Å². The van der Waals surface area contributed by atoms with Crippen LogP contribution in [0.2, 0.25) is 0 Å². The first kappa shape index (κ1) is 25.2. The second-order valence-corrected chi connectivity index (χ2v) is 10.9. The van der Waals surface area contributed by atoms with E-state index in [1.54, 1.807) is 43.7 Å². The second kappa shape index (κ2) is 10.8.